The van der Waals surface area contributed by atoms with E-state index in [0.29, 0.717) is 36.9 Å². The minimum Gasteiger partial charge on any atom is -0.434 e. The van der Waals surface area contributed by atoms with Gasteiger partial charge in [-0.15, -0.1) is 0 Å². The van der Waals surface area contributed by atoms with Gasteiger partial charge in [-0.1, -0.05) is 25.4 Å². The van der Waals surface area contributed by atoms with Gasteiger partial charge in [0.25, 0.3) is 0 Å². The lowest BCUT2D eigenvalue weighted by molar-refractivity contribution is -0.170. The third-order valence-electron chi connectivity index (χ3n) is 4.15. The third kappa shape index (κ3) is 7.04. The smallest absolute Gasteiger partial charge is 0.304 e. The van der Waals surface area contributed by atoms with Crippen molar-refractivity contribution in [2.45, 2.75) is 56.9 Å². The fourth-order valence-electron chi connectivity index (χ4n) is 2.98. The molecule has 1 saturated heterocycles. The molecule has 0 saturated carbocycles. The number of sulfonamides is 1. The van der Waals surface area contributed by atoms with E-state index in [9.17, 15) is 13.2 Å². The average Bonchev–Trinajstić information content (AvgIpc) is 2.98. The van der Waals surface area contributed by atoms with Crippen LogP contribution in [-0.4, -0.2) is 45.9 Å². The Hall–Kier alpha value is -1.19. The molecule has 2 rings (SSSR count). The van der Waals surface area contributed by atoms with Crippen LogP contribution in [0, 0.1) is 5.92 Å². The Morgan fingerprint density at radius 1 is 1.33 bits per heavy atom. The maximum atomic E-state index is 12.7. The Labute approximate surface area is 165 Å². The lowest BCUT2D eigenvalue weighted by Crippen LogP contribution is -2.48. The summed E-state index contributed by atoms with van der Waals surface area (Å²) in [6.07, 6.45) is 0.706. The molecule has 1 heterocycles. The number of ether oxygens (including phenoxy) is 2. The molecule has 0 unspecified atom stereocenters. The quantitative estimate of drug-likeness (QED) is 0.597. The summed E-state index contributed by atoms with van der Waals surface area (Å²) in [7, 11) is -3.67. The number of benzene rings is 1. The summed E-state index contributed by atoms with van der Waals surface area (Å²) in [5.41, 5.74) is 0. The molecule has 27 heavy (non-hydrogen) atoms. The number of hydrogen-bond donors (Lipinski definition) is 2. The van der Waals surface area contributed by atoms with Crippen LogP contribution < -0.4 is 10.0 Å². The first-order chi connectivity index (χ1) is 12.7. The normalized spacial score (nSPS) is 21.4. The van der Waals surface area contributed by atoms with E-state index in [2.05, 4.69) is 10.0 Å². The van der Waals surface area contributed by atoms with Crippen molar-refractivity contribution in [3.8, 4) is 0 Å². The second-order valence-corrected chi connectivity index (χ2v) is 9.20. The van der Waals surface area contributed by atoms with Gasteiger partial charge in [-0.05, 0) is 43.0 Å². The van der Waals surface area contributed by atoms with E-state index in [0.717, 1.165) is 0 Å². The molecule has 1 fully saturated rings. The molecule has 0 aliphatic carbocycles. The highest BCUT2D eigenvalue weighted by atomic mass is 35.5. The van der Waals surface area contributed by atoms with Crippen LogP contribution in [0.15, 0.2) is 29.2 Å². The van der Waals surface area contributed by atoms with Crippen LogP contribution in [0.3, 0.4) is 0 Å². The molecule has 2 N–H and O–H groups in total. The van der Waals surface area contributed by atoms with Crippen molar-refractivity contribution >= 4 is 27.6 Å². The largest absolute Gasteiger partial charge is 0.434 e. The Morgan fingerprint density at radius 3 is 2.59 bits per heavy atom. The standard InChI is InChI=1S/C18H27ClN2O5S/c1-12(2)10-15(11-20-17-8-9-25-18(17)26-13(3)22)21-27(23,24)16-6-4-14(19)5-7-16/h4-7,12,15,17-18,20-21H,8-11H2,1-3H3/t15-,17+,18+/m1/s1. The molecule has 3 atom stereocenters. The summed E-state index contributed by atoms with van der Waals surface area (Å²) in [6.45, 7) is 6.28. The van der Waals surface area contributed by atoms with E-state index in [-0.39, 0.29) is 17.0 Å². The van der Waals surface area contributed by atoms with Gasteiger partial charge in [0, 0.05) is 24.5 Å². The van der Waals surface area contributed by atoms with E-state index in [1.54, 1.807) is 12.1 Å². The van der Waals surface area contributed by atoms with E-state index in [1.165, 1.54) is 19.1 Å². The molecule has 0 aromatic heterocycles. The fourth-order valence-corrected chi connectivity index (χ4v) is 4.35. The SMILES string of the molecule is CC(=O)O[C@@H]1OCC[C@@H]1NC[C@@H](CC(C)C)NS(=O)(=O)c1ccc(Cl)cc1. The molecule has 0 spiro atoms. The molecular formula is C18H27ClN2O5S. The lowest BCUT2D eigenvalue weighted by Gasteiger charge is -2.25. The van der Waals surface area contributed by atoms with Crippen molar-refractivity contribution in [2.24, 2.45) is 5.92 Å². The van der Waals surface area contributed by atoms with E-state index >= 15 is 0 Å². The maximum absolute atomic E-state index is 12.7. The van der Waals surface area contributed by atoms with Crippen LogP contribution >= 0.6 is 11.6 Å². The summed E-state index contributed by atoms with van der Waals surface area (Å²) >= 11 is 5.84. The number of rotatable bonds is 9. The minimum absolute atomic E-state index is 0.163. The number of esters is 1. The third-order valence-corrected chi connectivity index (χ3v) is 5.94. The van der Waals surface area contributed by atoms with Gasteiger partial charge in [-0.25, -0.2) is 13.1 Å². The zero-order chi connectivity index (χ0) is 20.0. The number of nitrogens with one attached hydrogen (secondary N) is 2. The molecule has 0 bridgehead atoms. The number of halogens is 1. The van der Waals surface area contributed by atoms with Gasteiger partial charge < -0.3 is 14.8 Å². The minimum atomic E-state index is -3.67. The van der Waals surface area contributed by atoms with Crippen LogP contribution in [0.1, 0.15) is 33.6 Å². The van der Waals surface area contributed by atoms with Crippen molar-refractivity contribution in [1.82, 2.24) is 10.0 Å². The van der Waals surface area contributed by atoms with Gasteiger partial charge in [0.2, 0.25) is 16.3 Å². The predicted octanol–water partition coefficient (Wildman–Crippen LogP) is 2.30. The summed E-state index contributed by atoms with van der Waals surface area (Å²) < 4.78 is 38.6. The first-order valence-electron chi connectivity index (χ1n) is 8.97. The van der Waals surface area contributed by atoms with Crippen LogP contribution in [0.5, 0.6) is 0 Å². The van der Waals surface area contributed by atoms with Crippen molar-refractivity contribution in [3.63, 3.8) is 0 Å². The topological polar surface area (TPSA) is 93.7 Å². The summed E-state index contributed by atoms with van der Waals surface area (Å²) in [5, 5.41) is 3.75. The number of carbonyl (C=O) groups excluding carboxylic acids is 1. The summed E-state index contributed by atoms with van der Waals surface area (Å²) in [6, 6.07) is 5.57. The van der Waals surface area contributed by atoms with Crippen molar-refractivity contribution in [2.75, 3.05) is 13.2 Å². The van der Waals surface area contributed by atoms with Crippen molar-refractivity contribution in [1.29, 1.82) is 0 Å². The number of carbonyl (C=O) groups is 1. The molecular weight excluding hydrogens is 392 g/mol. The average molecular weight is 419 g/mol. The highest BCUT2D eigenvalue weighted by Gasteiger charge is 2.31. The summed E-state index contributed by atoms with van der Waals surface area (Å²) in [4.78, 5) is 11.3. The predicted molar refractivity (Wildman–Crippen MR) is 103 cm³/mol. The molecule has 1 aromatic carbocycles. The Morgan fingerprint density at radius 2 is 2.00 bits per heavy atom. The van der Waals surface area contributed by atoms with Gasteiger partial charge in [0.15, 0.2) is 0 Å². The van der Waals surface area contributed by atoms with Gasteiger partial charge in [-0.2, -0.15) is 0 Å². The van der Waals surface area contributed by atoms with Crippen LogP contribution in [0.2, 0.25) is 5.02 Å². The fraction of sp³-hybridized carbons (Fsp3) is 0.611. The second kappa shape index (κ2) is 9.84. The monoisotopic (exact) mass is 418 g/mol. The van der Waals surface area contributed by atoms with Crippen molar-refractivity contribution < 1.29 is 22.7 Å². The van der Waals surface area contributed by atoms with Crippen LogP contribution in [0.25, 0.3) is 0 Å². The maximum Gasteiger partial charge on any atom is 0.304 e. The Balaban J connectivity index is 2.02. The van der Waals surface area contributed by atoms with E-state index < -0.39 is 22.3 Å². The van der Waals surface area contributed by atoms with Gasteiger partial charge in [0.1, 0.15) is 0 Å². The Bertz CT molecular complexity index is 724. The lowest BCUT2D eigenvalue weighted by atomic mass is 10.0. The molecule has 1 aliphatic rings. The highest BCUT2D eigenvalue weighted by molar-refractivity contribution is 7.89. The Kier molecular flexibility index (Phi) is 8.05. The molecule has 0 amide bonds. The molecule has 1 aliphatic heterocycles. The first-order valence-corrected chi connectivity index (χ1v) is 10.8. The first kappa shape index (κ1) is 22.1. The molecule has 152 valence electrons. The zero-order valence-electron chi connectivity index (χ0n) is 15.8. The van der Waals surface area contributed by atoms with Gasteiger partial charge in [-0.3, -0.25) is 4.79 Å². The molecule has 1 aromatic rings. The zero-order valence-corrected chi connectivity index (χ0v) is 17.3. The molecule has 0 radical (unpaired) electrons. The number of hydrogen-bond acceptors (Lipinski definition) is 6. The van der Waals surface area contributed by atoms with Gasteiger partial charge in [0.05, 0.1) is 17.5 Å². The van der Waals surface area contributed by atoms with Crippen LogP contribution in [-0.2, 0) is 24.3 Å². The highest BCUT2D eigenvalue weighted by Crippen LogP contribution is 2.17. The van der Waals surface area contributed by atoms with Crippen LogP contribution in [0.4, 0.5) is 0 Å². The summed E-state index contributed by atoms with van der Waals surface area (Å²) in [5.74, 6) is -0.107. The molecule has 7 nitrogen and oxygen atoms in total. The van der Waals surface area contributed by atoms with E-state index in [1.807, 2.05) is 13.8 Å². The second-order valence-electron chi connectivity index (χ2n) is 7.05. The van der Waals surface area contributed by atoms with E-state index in [4.69, 9.17) is 21.1 Å². The van der Waals surface area contributed by atoms with Crippen molar-refractivity contribution in [3.05, 3.63) is 29.3 Å². The van der Waals surface area contributed by atoms with Gasteiger partial charge >= 0.3 is 5.97 Å². The molecule has 9 heteroatoms.